The van der Waals surface area contributed by atoms with Crippen LogP contribution in [0.1, 0.15) is 10.4 Å². The molecule has 32 heavy (non-hydrogen) atoms. The van der Waals surface area contributed by atoms with Gasteiger partial charge in [-0.05, 0) is 71.3 Å². The highest BCUT2D eigenvalue weighted by Crippen LogP contribution is 2.32. The number of aryl methyl sites for hydroxylation is 1. The van der Waals surface area contributed by atoms with Gasteiger partial charge in [0.25, 0.3) is 14.8 Å². The second kappa shape index (κ2) is 8.98. The Labute approximate surface area is 196 Å². The van der Waals surface area contributed by atoms with Crippen LogP contribution in [0.25, 0.3) is 10.9 Å². The van der Waals surface area contributed by atoms with Crippen LogP contribution in [0.4, 0.5) is 11.4 Å². The smallest absolute Gasteiger partial charge is 0.337 e. The van der Waals surface area contributed by atoms with Gasteiger partial charge in [-0.1, -0.05) is 6.07 Å². The summed E-state index contributed by atoms with van der Waals surface area (Å²) < 4.78 is 37.7. The standard InChI is InChI=1S/C20H17N3O5S4/c1-23-17-8-6-13(11-14(17)20(25)31-23)30-21-16-10-12(19(24)28-2)5-7-15(16)22-32(26,27)18-4-3-9-29-18/h3-11,21-22H,1-2H3. The number of nitrogens with zero attached hydrogens (tertiary/aromatic N) is 1. The van der Waals surface area contributed by atoms with E-state index in [0.717, 1.165) is 33.3 Å². The van der Waals surface area contributed by atoms with E-state index in [1.807, 2.05) is 19.2 Å². The van der Waals surface area contributed by atoms with Gasteiger partial charge >= 0.3 is 5.97 Å². The van der Waals surface area contributed by atoms with Gasteiger partial charge in [0.05, 0.1) is 35.0 Å². The summed E-state index contributed by atoms with van der Waals surface area (Å²) in [7, 11) is -0.690. The first-order valence-electron chi connectivity index (χ1n) is 9.10. The molecule has 166 valence electrons. The van der Waals surface area contributed by atoms with E-state index < -0.39 is 16.0 Å². The molecule has 4 aromatic rings. The molecule has 0 aliphatic carbocycles. The Bertz CT molecular complexity index is 1460. The molecule has 2 aromatic heterocycles. The van der Waals surface area contributed by atoms with Crippen LogP contribution >= 0.6 is 34.8 Å². The zero-order chi connectivity index (χ0) is 22.9. The van der Waals surface area contributed by atoms with Crippen molar-refractivity contribution in [3.05, 3.63) is 69.0 Å². The van der Waals surface area contributed by atoms with Gasteiger partial charge in [0.1, 0.15) is 4.21 Å². The third-order valence-electron chi connectivity index (χ3n) is 4.47. The quantitative estimate of drug-likeness (QED) is 0.283. The SMILES string of the molecule is COC(=O)c1ccc(NS(=O)(=O)c2cccs2)c(NSc2ccc3c(c2)c(=O)sn3C)c1. The highest BCUT2D eigenvalue weighted by molar-refractivity contribution is 8.00. The lowest BCUT2D eigenvalue weighted by Crippen LogP contribution is -2.13. The van der Waals surface area contributed by atoms with E-state index in [9.17, 15) is 18.0 Å². The van der Waals surface area contributed by atoms with Gasteiger partial charge in [-0.25, -0.2) is 13.2 Å². The molecule has 0 bridgehead atoms. The number of ether oxygens (including phenoxy) is 1. The van der Waals surface area contributed by atoms with Crippen molar-refractivity contribution in [1.82, 2.24) is 3.96 Å². The van der Waals surface area contributed by atoms with E-state index in [4.69, 9.17) is 4.74 Å². The molecule has 0 saturated heterocycles. The maximum Gasteiger partial charge on any atom is 0.337 e. The number of nitrogens with one attached hydrogen (secondary N) is 2. The lowest BCUT2D eigenvalue weighted by atomic mass is 10.2. The number of carbonyl (C=O) groups excluding carboxylic acids is 1. The van der Waals surface area contributed by atoms with Crippen molar-refractivity contribution in [2.75, 3.05) is 16.6 Å². The average Bonchev–Trinajstić information content (AvgIpc) is 3.41. The van der Waals surface area contributed by atoms with E-state index in [1.165, 1.54) is 43.3 Å². The van der Waals surface area contributed by atoms with Crippen LogP contribution < -0.4 is 14.2 Å². The average molecular weight is 508 g/mol. The van der Waals surface area contributed by atoms with Crippen molar-refractivity contribution < 1.29 is 17.9 Å². The minimum absolute atomic E-state index is 0.0398. The molecule has 2 N–H and O–H groups in total. The number of hydrogen-bond donors (Lipinski definition) is 2. The van der Waals surface area contributed by atoms with E-state index in [2.05, 4.69) is 9.44 Å². The number of hydrogen-bond acceptors (Lipinski definition) is 9. The van der Waals surface area contributed by atoms with Crippen molar-refractivity contribution >= 4 is 73.1 Å². The number of rotatable bonds is 7. The third-order valence-corrected chi connectivity index (χ3v) is 8.90. The summed E-state index contributed by atoms with van der Waals surface area (Å²) in [6.07, 6.45) is 0. The summed E-state index contributed by atoms with van der Waals surface area (Å²) in [5, 5.41) is 2.28. The Hall–Kier alpha value is -2.80. The molecule has 0 atom stereocenters. The molecule has 0 unspecified atom stereocenters. The lowest BCUT2D eigenvalue weighted by molar-refractivity contribution is 0.0601. The number of anilines is 2. The summed E-state index contributed by atoms with van der Waals surface area (Å²) in [4.78, 5) is 24.9. The van der Waals surface area contributed by atoms with Gasteiger partial charge in [0.15, 0.2) is 0 Å². The molecule has 0 fully saturated rings. The van der Waals surface area contributed by atoms with E-state index in [0.29, 0.717) is 11.1 Å². The van der Waals surface area contributed by atoms with E-state index in [1.54, 1.807) is 21.5 Å². The van der Waals surface area contributed by atoms with Gasteiger partial charge in [0, 0.05) is 11.9 Å². The molecule has 12 heteroatoms. The molecular weight excluding hydrogens is 491 g/mol. The van der Waals surface area contributed by atoms with Crippen LogP contribution in [0.5, 0.6) is 0 Å². The number of thiophene rings is 1. The number of aromatic nitrogens is 1. The maximum absolute atomic E-state index is 12.7. The maximum atomic E-state index is 12.7. The van der Waals surface area contributed by atoms with Crippen LogP contribution in [0.15, 0.2) is 67.8 Å². The summed E-state index contributed by atoms with van der Waals surface area (Å²) >= 11 is 3.42. The number of esters is 1. The van der Waals surface area contributed by atoms with Gasteiger partial charge in [-0.3, -0.25) is 13.5 Å². The number of fused-ring (bicyclic) bond motifs is 1. The molecule has 0 spiro atoms. The Morgan fingerprint density at radius 2 is 1.94 bits per heavy atom. The predicted molar refractivity (Wildman–Crippen MR) is 129 cm³/mol. The lowest BCUT2D eigenvalue weighted by Gasteiger charge is -2.14. The molecule has 2 aromatic carbocycles. The van der Waals surface area contributed by atoms with Gasteiger partial charge < -0.3 is 9.46 Å². The van der Waals surface area contributed by atoms with Crippen LogP contribution in [0, 0.1) is 0 Å². The van der Waals surface area contributed by atoms with Crippen molar-refractivity contribution in [2.24, 2.45) is 7.05 Å². The third kappa shape index (κ3) is 4.53. The normalized spacial score (nSPS) is 11.4. The Morgan fingerprint density at radius 3 is 2.66 bits per heavy atom. The highest BCUT2D eigenvalue weighted by Gasteiger charge is 2.19. The van der Waals surface area contributed by atoms with Crippen molar-refractivity contribution in [3.63, 3.8) is 0 Å². The Balaban J connectivity index is 1.65. The van der Waals surface area contributed by atoms with Crippen molar-refractivity contribution in [3.8, 4) is 0 Å². The van der Waals surface area contributed by atoms with Crippen molar-refractivity contribution in [1.29, 1.82) is 0 Å². The molecule has 4 rings (SSSR count). The van der Waals surface area contributed by atoms with E-state index in [-0.39, 0.29) is 20.2 Å². The summed E-state index contributed by atoms with van der Waals surface area (Å²) in [5.74, 6) is -0.547. The molecule has 0 radical (unpaired) electrons. The zero-order valence-electron chi connectivity index (χ0n) is 16.8. The van der Waals surface area contributed by atoms with Crippen LogP contribution in [-0.4, -0.2) is 25.5 Å². The minimum atomic E-state index is -3.79. The summed E-state index contributed by atoms with van der Waals surface area (Å²) in [5.41, 5.74) is 1.74. The number of sulfonamides is 1. The summed E-state index contributed by atoms with van der Waals surface area (Å²) in [6, 6.07) is 13.1. The molecular formula is C20H17N3O5S4. The fourth-order valence-electron chi connectivity index (χ4n) is 2.93. The first-order chi connectivity index (χ1) is 15.3. The van der Waals surface area contributed by atoms with Gasteiger partial charge in [-0.15, -0.1) is 11.3 Å². The van der Waals surface area contributed by atoms with E-state index >= 15 is 0 Å². The number of benzene rings is 2. The zero-order valence-corrected chi connectivity index (χ0v) is 20.1. The molecule has 2 heterocycles. The summed E-state index contributed by atoms with van der Waals surface area (Å²) in [6.45, 7) is 0. The van der Waals surface area contributed by atoms with Crippen molar-refractivity contribution in [2.45, 2.75) is 9.10 Å². The Kier molecular flexibility index (Phi) is 6.29. The molecule has 0 aliphatic heterocycles. The number of carbonyl (C=O) groups is 1. The van der Waals surface area contributed by atoms with Crippen LogP contribution in [-0.2, 0) is 21.8 Å². The first-order valence-corrected chi connectivity index (χ1v) is 13.1. The second-order valence-electron chi connectivity index (χ2n) is 6.55. The second-order valence-corrected chi connectivity index (χ2v) is 11.4. The minimum Gasteiger partial charge on any atom is -0.465 e. The fourth-order valence-corrected chi connectivity index (χ4v) is 6.48. The van der Waals surface area contributed by atoms with Crippen LogP contribution in [0.3, 0.4) is 0 Å². The highest BCUT2D eigenvalue weighted by atomic mass is 32.2. The molecule has 0 aliphatic rings. The molecule has 0 saturated carbocycles. The monoisotopic (exact) mass is 507 g/mol. The fraction of sp³-hybridized carbons (Fsp3) is 0.100. The molecule has 0 amide bonds. The largest absolute Gasteiger partial charge is 0.465 e. The predicted octanol–water partition coefficient (Wildman–Crippen LogP) is 4.37. The van der Waals surface area contributed by atoms with Gasteiger partial charge in [-0.2, -0.15) is 0 Å². The number of methoxy groups -OCH3 is 1. The Morgan fingerprint density at radius 1 is 1.12 bits per heavy atom. The topological polar surface area (TPSA) is 106 Å². The first kappa shape index (κ1) is 22.4. The van der Waals surface area contributed by atoms with Crippen LogP contribution in [0.2, 0.25) is 0 Å². The molecule has 8 nitrogen and oxygen atoms in total. The van der Waals surface area contributed by atoms with Gasteiger partial charge in [0.2, 0.25) is 0 Å².